The van der Waals surface area contributed by atoms with Crippen LogP contribution in [0.25, 0.3) is 0 Å². The zero-order chi connectivity index (χ0) is 13.7. The molecule has 0 atom stereocenters. The quantitative estimate of drug-likeness (QED) is 0.820. The topological polar surface area (TPSA) is 65.2 Å². The highest BCUT2D eigenvalue weighted by atomic mass is 32.1. The zero-order valence-electron chi connectivity index (χ0n) is 10.8. The van der Waals surface area contributed by atoms with E-state index in [0.29, 0.717) is 18.7 Å². The van der Waals surface area contributed by atoms with Crippen LogP contribution in [0.4, 0.5) is 0 Å². The first-order valence-electron chi connectivity index (χ1n) is 6.03. The summed E-state index contributed by atoms with van der Waals surface area (Å²) in [6.45, 7) is 0.553. The molecule has 0 radical (unpaired) electrons. The lowest BCUT2D eigenvalue weighted by molar-refractivity contribution is 0.0988. The number of nitrogens with zero attached hydrogens (tertiary/aromatic N) is 1. The average Bonchev–Trinajstić information content (AvgIpc) is 2.88. The van der Waals surface area contributed by atoms with Crippen molar-refractivity contribution < 1.29 is 9.53 Å². The minimum absolute atomic E-state index is 0.0211. The molecule has 1 aromatic heterocycles. The molecular weight excluding hydrogens is 260 g/mol. The smallest absolute Gasteiger partial charge is 0.186 e. The van der Waals surface area contributed by atoms with E-state index in [9.17, 15) is 4.79 Å². The van der Waals surface area contributed by atoms with Crippen molar-refractivity contribution >= 4 is 17.1 Å². The number of thiazole rings is 1. The van der Waals surface area contributed by atoms with Crippen LogP contribution in [-0.2, 0) is 12.8 Å². The molecule has 1 heterocycles. The zero-order valence-corrected chi connectivity index (χ0v) is 11.6. The number of methoxy groups -OCH3 is 1. The number of nitrogens with two attached hydrogens (primary N) is 1. The van der Waals surface area contributed by atoms with E-state index in [1.807, 2.05) is 24.3 Å². The van der Waals surface area contributed by atoms with Crippen molar-refractivity contribution in [3.05, 3.63) is 45.9 Å². The van der Waals surface area contributed by atoms with E-state index in [-0.39, 0.29) is 5.78 Å². The standard InChI is InChI=1S/C14H16N2O2S/c1-18-11-4-2-3-10(7-11)8-13(17)12-9-19-14(16-12)5-6-15/h2-4,7,9H,5-6,8,15H2,1H3. The largest absolute Gasteiger partial charge is 0.497 e. The van der Waals surface area contributed by atoms with Gasteiger partial charge in [0.05, 0.1) is 12.1 Å². The summed E-state index contributed by atoms with van der Waals surface area (Å²) in [5, 5.41) is 2.71. The maximum absolute atomic E-state index is 12.1. The van der Waals surface area contributed by atoms with Gasteiger partial charge in [-0.1, -0.05) is 12.1 Å². The van der Waals surface area contributed by atoms with Crippen LogP contribution in [0.15, 0.2) is 29.6 Å². The third-order valence-corrected chi connectivity index (χ3v) is 3.60. The van der Waals surface area contributed by atoms with Crippen molar-refractivity contribution in [2.75, 3.05) is 13.7 Å². The highest BCUT2D eigenvalue weighted by molar-refractivity contribution is 7.09. The fraction of sp³-hybridized carbons (Fsp3) is 0.286. The number of rotatable bonds is 6. The molecule has 0 amide bonds. The molecule has 0 aliphatic heterocycles. The molecule has 19 heavy (non-hydrogen) atoms. The number of ether oxygens (including phenoxy) is 1. The van der Waals surface area contributed by atoms with Crippen molar-refractivity contribution in [2.45, 2.75) is 12.8 Å². The van der Waals surface area contributed by atoms with E-state index in [1.54, 1.807) is 12.5 Å². The van der Waals surface area contributed by atoms with Crippen molar-refractivity contribution in [1.82, 2.24) is 4.98 Å². The summed E-state index contributed by atoms with van der Waals surface area (Å²) in [5.74, 6) is 0.778. The van der Waals surface area contributed by atoms with Gasteiger partial charge < -0.3 is 10.5 Å². The molecule has 0 aliphatic rings. The van der Waals surface area contributed by atoms with E-state index < -0.39 is 0 Å². The third kappa shape index (κ3) is 3.62. The number of carbonyl (C=O) groups excluding carboxylic acids is 1. The van der Waals surface area contributed by atoms with Gasteiger partial charge in [0.2, 0.25) is 0 Å². The van der Waals surface area contributed by atoms with Gasteiger partial charge in [-0.3, -0.25) is 4.79 Å². The molecule has 100 valence electrons. The second-order valence-corrected chi connectivity index (χ2v) is 5.06. The normalized spacial score (nSPS) is 10.4. The van der Waals surface area contributed by atoms with Crippen molar-refractivity contribution in [3.8, 4) is 5.75 Å². The number of ketones is 1. The van der Waals surface area contributed by atoms with Crippen LogP contribution in [-0.4, -0.2) is 24.4 Å². The van der Waals surface area contributed by atoms with E-state index >= 15 is 0 Å². The predicted octanol–water partition coefficient (Wildman–Crippen LogP) is 2.08. The molecule has 2 rings (SSSR count). The third-order valence-electron chi connectivity index (χ3n) is 2.69. The summed E-state index contributed by atoms with van der Waals surface area (Å²) < 4.78 is 5.14. The fourth-order valence-corrected chi connectivity index (χ4v) is 2.55. The maximum Gasteiger partial charge on any atom is 0.186 e. The maximum atomic E-state index is 12.1. The number of hydrogen-bond donors (Lipinski definition) is 1. The van der Waals surface area contributed by atoms with Gasteiger partial charge in [-0.05, 0) is 24.2 Å². The van der Waals surface area contributed by atoms with E-state index in [4.69, 9.17) is 10.5 Å². The summed E-state index contributed by atoms with van der Waals surface area (Å²) in [5.41, 5.74) is 6.92. The van der Waals surface area contributed by atoms with Crippen molar-refractivity contribution in [3.63, 3.8) is 0 Å². The van der Waals surface area contributed by atoms with Gasteiger partial charge in [0.25, 0.3) is 0 Å². The van der Waals surface area contributed by atoms with Gasteiger partial charge in [0.15, 0.2) is 5.78 Å². The Hall–Kier alpha value is -1.72. The molecule has 4 nitrogen and oxygen atoms in total. The van der Waals surface area contributed by atoms with Crippen LogP contribution in [0.2, 0.25) is 0 Å². The molecule has 0 bridgehead atoms. The monoisotopic (exact) mass is 276 g/mol. The van der Waals surface area contributed by atoms with Crippen LogP contribution >= 0.6 is 11.3 Å². The molecule has 0 saturated carbocycles. The first-order valence-corrected chi connectivity index (χ1v) is 6.91. The summed E-state index contributed by atoms with van der Waals surface area (Å²) in [4.78, 5) is 16.4. The molecule has 5 heteroatoms. The van der Waals surface area contributed by atoms with Crippen molar-refractivity contribution in [2.24, 2.45) is 5.73 Å². The molecular formula is C14H16N2O2S. The molecule has 0 saturated heterocycles. The van der Waals surface area contributed by atoms with E-state index in [2.05, 4.69) is 4.98 Å². The van der Waals surface area contributed by atoms with Gasteiger partial charge in [0.1, 0.15) is 11.4 Å². The molecule has 0 fully saturated rings. The number of hydrogen-bond acceptors (Lipinski definition) is 5. The summed E-state index contributed by atoms with van der Waals surface area (Å²) in [6.07, 6.45) is 1.06. The Morgan fingerprint density at radius 3 is 3.05 bits per heavy atom. The van der Waals surface area contributed by atoms with Gasteiger partial charge in [-0.15, -0.1) is 11.3 Å². The first-order chi connectivity index (χ1) is 9.22. The van der Waals surface area contributed by atoms with Gasteiger partial charge >= 0.3 is 0 Å². The van der Waals surface area contributed by atoms with Gasteiger partial charge in [-0.25, -0.2) is 4.98 Å². The molecule has 1 aromatic carbocycles. The van der Waals surface area contributed by atoms with Gasteiger partial charge in [-0.2, -0.15) is 0 Å². The Morgan fingerprint density at radius 2 is 2.32 bits per heavy atom. The fourth-order valence-electron chi connectivity index (χ4n) is 1.74. The molecule has 0 aliphatic carbocycles. The van der Waals surface area contributed by atoms with E-state index in [1.165, 1.54) is 11.3 Å². The highest BCUT2D eigenvalue weighted by Gasteiger charge is 2.11. The first kappa shape index (κ1) is 13.7. The summed E-state index contributed by atoms with van der Waals surface area (Å²) in [7, 11) is 1.61. The molecule has 0 unspecified atom stereocenters. The number of aromatic nitrogens is 1. The molecule has 0 spiro atoms. The van der Waals surface area contributed by atoms with Crippen molar-refractivity contribution in [1.29, 1.82) is 0 Å². The minimum Gasteiger partial charge on any atom is -0.497 e. The Kier molecular flexibility index (Phi) is 4.65. The van der Waals surface area contributed by atoms with Crippen LogP contribution in [0, 0.1) is 0 Å². The molecule has 2 N–H and O–H groups in total. The summed E-state index contributed by atoms with van der Waals surface area (Å²) >= 11 is 1.48. The predicted molar refractivity (Wildman–Crippen MR) is 75.9 cm³/mol. The second kappa shape index (κ2) is 6.45. The van der Waals surface area contributed by atoms with Crippen LogP contribution in [0.5, 0.6) is 5.75 Å². The minimum atomic E-state index is 0.0211. The number of carbonyl (C=O) groups is 1. The highest BCUT2D eigenvalue weighted by Crippen LogP contribution is 2.16. The number of Topliss-reactive ketones (excluding diaryl/α,β-unsaturated/α-hetero) is 1. The lowest BCUT2D eigenvalue weighted by Gasteiger charge is -2.02. The van der Waals surface area contributed by atoms with Crippen LogP contribution in [0.1, 0.15) is 21.1 Å². The SMILES string of the molecule is COc1cccc(CC(=O)c2csc(CCN)n2)c1. The Bertz CT molecular complexity index is 566. The lowest BCUT2D eigenvalue weighted by atomic mass is 10.1. The number of benzene rings is 1. The lowest BCUT2D eigenvalue weighted by Crippen LogP contribution is -2.06. The van der Waals surface area contributed by atoms with Crippen LogP contribution in [0.3, 0.4) is 0 Å². The second-order valence-electron chi connectivity index (χ2n) is 4.12. The Morgan fingerprint density at radius 1 is 1.47 bits per heavy atom. The summed E-state index contributed by atoms with van der Waals surface area (Å²) in [6, 6.07) is 7.51. The van der Waals surface area contributed by atoms with Crippen LogP contribution < -0.4 is 10.5 Å². The molecule has 2 aromatic rings. The Labute approximate surface area is 116 Å². The Balaban J connectivity index is 2.06. The van der Waals surface area contributed by atoms with E-state index in [0.717, 1.165) is 22.7 Å². The van der Waals surface area contributed by atoms with Gasteiger partial charge in [0, 0.05) is 18.2 Å². The average molecular weight is 276 g/mol.